The fraction of sp³-hybridized carbons (Fsp3) is 0.182. The van der Waals surface area contributed by atoms with Crippen molar-refractivity contribution in [3.05, 3.63) is 39.4 Å². The second-order valence-electron chi connectivity index (χ2n) is 3.20. The van der Waals surface area contributed by atoms with Crippen LogP contribution < -0.4 is 5.73 Å². The van der Waals surface area contributed by atoms with E-state index >= 15 is 0 Å². The van der Waals surface area contributed by atoms with Gasteiger partial charge in [-0.3, -0.25) is 14.9 Å². The fourth-order valence-corrected chi connectivity index (χ4v) is 1.18. The van der Waals surface area contributed by atoms with Gasteiger partial charge < -0.3 is 10.8 Å². The number of nitrogens with zero attached hydrogens (tertiary/aromatic N) is 1. The maximum atomic E-state index is 10.7. The van der Waals surface area contributed by atoms with Crippen molar-refractivity contribution in [2.24, 2.45) is 5.73 Å². The third-order valence-corrected chi connectivity index (χ3v) is 1.95. The minimum atomic E-state index is -0.592. The summed E-state index contributed by atoms with van der Waals surface area (Å²) >= 11 is 0. The van der Waals surface area contributed by atoms with Gasteiger partial charge in [0.2, 0.25) is 5.91 Å². The number of carbonyl (C=O) groups excluding carboxylic acids is 1. The highest BCUT2D eigenvalue weighted by atomic mass is 16.6. The number of nitro benzene ring substituents is 1. The van der Waals surface area contributed by atoms with Gasteiger partial charge in [-0.2, -0.15) is 0 Å². The summed E-state index contributed by atoms with van der Waals surface area (Å²) in [7, 11) is 0. The highest BCUT2D eigenvalue weighted by Crippen LogP contribution is 2.19. The van der Waals surface area contributed by atoms with Crippen molar-refractivity contribution in [3.8, 4) is 11.8 Å². The predicted octanol–water partition coefficient (Wildman–Crippen LogP) is 0.314. The lowest BCUT2D eigenvalue weighted by molar-refractivity contribution is -0.385. The van der Waals surface area contributed by atoms with Crippen LogP contribution in [0.5, 0.6) is 0 Å². The monoisotopic (exact) mass is 234 g/mol. The number of carbonyl (C=O) groups is 1. The van der Waals surface area contributed by atoms with E-state index in [-0.39, 0.29) is 17.7 Å². The number of rotatable bonds is 3. The molecule has 1 amide bonds. The predicted molar refractivity (Wildman–Crippen MR) is 59.7 cm³/mol. The number of aliphatic hydroxyl groups excluding tert-OH is 1. The molecule has 88 valence electrons. The maximum absolute atomic E-state index is 10.7. The van der Waals surface area contributed by atoms with Crippen LogP contribution in [0.25, 0.3) is 0 Å². The summed E-state index contributed by atoms with van der Waals surface area (Å²) < 4.78 is 0. The first-order valence-corrected chi connectivity index (χ1v) is 4.70. The molecule has 0 aliphatic heterocycles. The summed E-state index contributed by atoms with van der Waals surface area (Å²) in [5, 5.41) is 19.6. The van der Waals surface area contributed by atoms with Crippen LogP contribution in [0.1, 0.15) is 17.5 Å². The molecule has 0 saturated heterocycles. The van der Waals surface area contributed by atoms with Crippen LogP contribution in [0.4, 0.5) is 5.69 Å². The summed E-state index contributed by atoms with van der Waals surface area (Å²) in [5.74, 6) is 4.52. The molecule has 3 N–H and O–H groups in total. The second-order valence-corrected chi connectivity index (χ2v) is 3.20. The van der Waals surface area contributed by atoms with Gasteiger partial charge in [-0.05, 0) is 12.1 Å². The van der Waals surface area contributed by atoms with Crippen LogP contribution in [0, 0.1) is 22.0 Å². The molecule has 0 heterocycles. The van der Waals surface area contributed by atoms with Crippen molar-refractivity contribution in [2.75, 3.05) is 0 Å². The number of hydrogen-bond donors (Lipinski definition) is 2. The van der Waals surface area contributed by atoms with Crippen LogP contribution in [0.15, 0.2) is 18.2 Å². The molecule has 0 atom stereocenters. The number of aliphatic hydroxyl groups is 1. The van der Waals surface area contributed by atoms with Crippen molar-refractivity contribution in [1.82, 2.24) is 0 Å². The van der Waals surface area contributed by atoms with E-state index in [1.807, 2.05) is 0 Å². The molecule has 6 heteroatoms. The van der Waals surface area contributed by atoms with Crippen molar-refractivity contribution in [2.45, 2.75) is 13.0 Å². The van der Waals surface area contributed by atoms with Gasteiger partial charge in [0.1, 0.15) is 0 Å². The normalized spacial score (nSPS) is 9.24. The first-order chi connectivity index (χ1) is 8.04. The first-order valence-electron chi connectivity index (χ1n) is 4.70. The van der Waals surface area contributed by atoms with E-state index < -0.39 is 17.4 Å². The van der Waals surface area contributed by atoms with Crippen molar-refractivity contribution in [3.63, 3.8) is 0 Å². The molecule has 0 unspecified atom stereocenters. The molecule has 0 spiro atoms. The summed E-state index contributed by atoms with van der Waals surface area (Å²) in [6.45, 7) is -0.411. The van der Waals surface area contributed by atoms with E-state index in [2.05, 4.69) is 11.8 Å². The number of nitro groups is 1. The Morgan fingerprint density at radius 2 is 2.24 bits per heavy atom. The van der Waals surface area contributed by atoms with Gasteiger partial charge in [0.25, 0.3) is 5.69 Å². The summed E-state index contributed by atoms with van der Waals surface area (Å²) in [5.41, 5.74) is 5.32. The molecule has 1 aromatic rings. The molecule has 0 aliphatic carbocycles. The van der Waals surface area contributed by atoms with Crippen molar-refractivity contribution >= 4 is 11.6 Å². The zero-order valence-corrected chi connectivity index (χ0v) is 8.84. The van der Waals surface area contributed by atoms with Gasteiger partial charge in [0.05, 0.1) is 23.5 Å². The Kier molecular flexibility index (Phi) is 4.20. The number of benzene rings is 1. The molecule has 0 fully saturated rings. The minimum Gasteiger partial charge on any atom is -0.391 e. The topological polar surface area (TPSA) is 106 Å². The molecule has 6 nitrogen and oxygen atoms in total. The second kappa shape index (κ2) is 5.63. The Balaban J connectivity index is 3.03. The number of hydrogen-bond acceptors (Lipinski definition) is 4. The molecule has 1 rings (SSSR count). The largest absolute Gasteiger partial charge is 0.391 e. The number of nitrogens with two attached hydrogens (primary N) is 1. The third kappa shape index (κ3) is 3.59. The van der Waals surface area contributed by atoms with E-state index in [1.165, 1.54) is 18.2 Å². The lowest BCUT2D eigenvalue weighted by Gasteiger charge is -1.99. The van der Waals surface area contributed by atoms with Gasteiger partial charge in [0, 0.05) is 11.6 Å². The Hall–Kier alpha value is -2.39. The smallest absolute Gasteiger partial charge is 0.276 e. The van der Waals surface area contributed by atoms with E-state index in [1.54, 1.807) is 0 Å². The van der Waals surface area contributed by atoms with Crippen LogP contribution >= 0.6 is 0 Å². The lowest BCUT2D eigenvalue weighted by Crippen LogP contribution is -2.08. The fourth-order valence-electron chi connectivity index (χ4n) is 1.18. The quantitative estimate of drug-likeness (QED) is 0.446. The lowest BCUT2D eigenvalue weighted by atomic mass is 10.1. The highest BCUT2D eigenvalue weighted by Gasteiger charge is 2.12. The third-order valence-electron chi connectivity index (χ3n) is 1.95. The SMILES string of the molecule is NC(=O)CC#Cc1ccc(CO)c([N+](=O)[O-])c1. The molecule has 0 bridgehead atoms. The molecule has 0 aromatic heterocycles. The van der Waals surface area contributed by atoms with E-state index in [9.17, 15) is 14.9 Å². The van der Waals surface area contributed by atoms with Gasteiger partial charge in [-0.25, -0.2) is 0 Å². The summed E-state index contributed by atoms with van der Waals surface area (Å²) in [4.78, 5) is 20.5. The van der Waals surface area contributed by atoms with Gasteiger partial charge >= 0.3 is 0 Å². The zero-order chi connectivity index (χ0) is 12.8. The van der Waals surface area contributed by atoms with Crippen LogP contribution in [-0.4, -0.2) is 15.9 Å². The molecule has 1 aromatic carbocycles. The average molecular weight is 234 g/mol. The van der Waals surface area contributed by atoms with E-state index in [4.69, 9.17) is 10.8 Å². The Bertz CT molecular complexity index is 514. The minimum absolute atomic E-state index is 0.102. The molecule has 0 radical (unpaired) electrons. The van der Waals surface area contributed by atoms with Crippen molar-refractivity contribution < 1.29 is 14.8 Å². The number of amides is 1. The van der Waals surface area contributed by atoms with E-state index in [0.29, 0.717) is 5.56 Å². The summed E-state index contributed by atoms with van der Waals surface area (Å²) in [6.07, 6.45) is -0.102. The Morgan fingerprint density at radius 3 is 2.76 bits per heavy atom. The maximum Gasteiger partial charge on any atom is 0.276 e. The summed E-state index contributed by atoms with van der Waals surface area (Å²) in [6, 6.07) is 4.21. The van der Waals surface area contributed by atoms with Gasteiger partial charge in [-0.15, -0.1) is 0 Å². The Morgan fingerprint density at radius 1 is 1.53 bits per heavy atom. The van der Waals surface area contributed by atoms with Gasteiger partial charge in [0.15, 0.2) is 0 Å². The molecule has 0 aliphatic rings. The van der Waals surface area contributed by atoms with Gasteiger partial charge in [-0.1, -0.05) is 11.8 Å². The molecular weight excluding hydrogens is 224 g/mol. The van der Waals surface area contributed by atoms with Crippen molar-refractivity contribution in [1.29, 1.82) is 0 Å². The Labute approximate surface area is 97.2 Å². The zero-order valence-electron chi connectivity index (χ0n) is 8.84. The molecule has 0 saturated carbocycles. The van der Waals surface area contributed by atoms with Crippen LogP contribution in [0.3, 0.4) is 0 Å². The van der Waals surface area contributed by atoms with Crippen LogP contribution in [-0.2, 0) is 11.4 Å². The number of primary amides is 1. The molecular formula is C11H10N2O4. The molecule has 17 heavy (non-hydrogen) atoms. The highest BCUT2D eigenvalue weighted by molar-refractivity contribution is 5.76. The van der Waals surface area contributed by atoms with Crippen LogP contribution in [0.2, 0.25) is 0 Å². The van der Waals surface area contributed by atoms with E-state index in [0.717, 1.165) is 0 Å². The average Bonchev–Trinajstić information content (AvgIpc) is 2.28. The standard InChI is InChI=1S/C11H10N2O4/c12-11(15)3-1-2-8-4-5-9(7-14)10(6-8)13(16)17/h4-6,14H,3,7H2,(H2,12,15). The first kappa shape index (κ1) is 12.7.